The van der Waals surface area contributed by atoms with E-state index < -0.39 is 18.0 Å². The normalized spacial score (nSPS) is 14.1. The molecule has 2 aromatic rings. The highest BCUT2D eigenvalue weighted by atomic mass is 16.5. The van der Waals surface area contributed by atoms with Gasteiger partial charge in [0.15, 0.2) is 17.3 Å². The third-order valence-corrected chi connectivity index (χ3v) is 6.65. The number of carbonyl (C=O) groups excluding carboxylic acids is 3. The number of amides is 2. The van der Waals surface area contributed by atoms with Crippen molar-refractivity contribution >= 4 is 17.6 Å². The third-order valence-electron chi connectivity index (χ3n) is 6.65. The predicted molar refractivity (Wildman–Crippen MR) is 149 cm³/mol. The zero-order chi connectivity index (χ0) is 28.0. The van der Waals surface area contributed by atoms with Crippen LogP contribution in [0.2, 0.25) is 0 Å². The molecule has 1 aliphatic heterocycles. The summed E-state index contributed by atoms with van der Waals surface area (Å²) in [5.41, 5.74) is 19.2. The van der Waals surface area contributed by atoms with Gasteiger partial charge < -0.3 is 36.9 Å². The molecule has 1 heterocycles. The molecule has 0 aromatic heterocycles. The lowest BCUT2D eigenvalue weighted by molar-refractivity contribution is -0.135. The van der Waals surface area contributed by atoms with Crippen molar-refractivity contribution in [1.29, 1.82) is 0 Å². The van der Waals surface area contributed by atoms with E-state index in [0.29, 0.717) is 57.1 Å². The van der Waals surface area contributed by atoms with Crippen LogP contribution in [0.4, 0.5) is 0 Å². The quantitative estimate of drug-likeness (QED) is 0.260. The molecule has 212 valence electrons. The van der Waals surface area contributed by atoms with Gasteiger partial charge >= 0.3 is 0 Å². The van der Waals surface area contributed by atoms with Crippen molar-refractivity contribution in [3.8, 4) is 11.5 Å². The first kappa shape index (κ1) is 30.1. The average Bonchev–Trinajstić information content (AvgIpc) is 3.20. The second kappa shape index (κ2) is 15.8. The molecule has 0 spiro atoms. The number of para-hydroxylation sites is 1. The molecule has 39 heavy (non-hydrogen) atoms. The van der Waals surface area contributed by atoms with Crippen molar-refractivity contribution in [2.45, 2.75) is 50.6 Å². The van der Waals surface area contributed by atoms with Crippen molar-refractivity contribution in [3.63, 3.8) is 0 Å². The summed E-state index contributed by atoms with van der Waals surface area (Å²) in [4.78, 5) is 40.5. The van der Waals surface area contributed by atoms with Crippen LogP contribution in [0.3, 0.4) is 0 Å². The Balaban J connectivity index is 1.66. The first-order valence-electron chi connectivity index (χ1n) is 13.6. The molecule has 2 atom stereocenters. The van der Waals surface area contributed by atoms with Gasteiger partial charge in [-0.15, -0.1) is 0 Å². The first-order chi connectivity index (χ1) is 18.9. The summed E-state index contributed by atoms with van der Waals surface area (Å²) in [6, 6.07) is 13.6. The molecule has 0 bridgehead atoms. The average molecular weight is 540 g/mol. The van der Waals surface area contributed by atoms with E-state index in [0.717, 1.165) is 17.5 Å². The summed E-state index contributed by atoms with van der Waals surface area (Å²) < 4.78 is 11.7. The van der Waals surface area contributed by atoms with Crippen molar-refractivity contribution < 1.29 is 23.9 Å². The summed E-state index contributed by atoms with van der Waals surface area (Å²) in [6.07, 6.45) is 2.26. The van der Waals surface area contributed by atoms with E-state index in [-0.39, 0.29) is 37.6 Å². The number of nitrogens with one attached hydrogen (secondary N) is 1. The van der Waals surface area contributed by atoms with Crippen LogP contribution in [0.5, 0.6) is 11.5 Å². The first-order valence-corrected chi connectivity index (χ1v) is 13.6. The Hall–Kier alpha value is -3.47. The number of ether oxygens (including phenoxy) is 2. The molecule has 0 saturated heterocycles. The monoisotopic (exact) mass is 539 g/mol. The Kier molecular flexibility index (Phi) is 12.2. The summed E-state index contributed by atoms with van der Waals surface area (Å²) in [6.45, 7) is 2.37. The Labute approximate surface area is 230 Å². The van der Waals surface area contributed by atoms with E-state index in [2.05, 4.69) is 5.32 Å². The number of hydrogen-bond donors (Lipinski definition) is 4. The third kappa shape index (κ3) is 9.35. The van der Waals surface area contributed by atoms with E-state index in [1.54, 1.807) is 0 Å². The number of carbonyl (C=O) groups is 3. The maximum absolute atomic E-state index is 13.4. The van der Waals surface area contributed by atoms with E-state index in [1.807, 2.05) is 48.5 Å². The lowest BCUT2D eigenvalue weighted by atomic mass is 9.97. The molecule has 0 aliphatic carbocycles. The van der Waals surface area contributed by atoms with Crippen LogP contribution in [0.25, 0.3) is 0 Å². The van der Waals surface area contributed by atoms with Crippen LogP contribution < -0.4 is 32.0 Å². The van der Waals surface area contributed by atoms with Crippen molar-refractivity contribution in [2.24, 2.45) is 17.2 Å². The predicted octanol–water partition coefficient (Wildman–Crippen LogP) is 0.931. The van der Waals surface area contributed by atoms with Crippen LogP contribution in [0.1, 0.15) is 36.8 Å². The number of nitrogens with two attached hydrogens (primary N) is 3. The summed E-state index contributed by atoms with van der Waals surface area (Å²) in [7, 11) is 0. The van der Waals surface area contributed by atoms with E-state index in [4.69, 9.17) is 26.7 Å². The topological polar surface area (TPSA) is 163 Å². The fourth-order valence-corrected chi connectivity index (χ4v) is 4.51. The van der Waals surface area contributed by atoms with Gasteiger partial charge in [-0.2, -0.15) is 0 Å². The molecule has 3 rings (SSSR count). The SMILES string of the molecule is NCCN(CCN)C(=O)C[C@H](N)C(=O)N[C@@H](CCc1ccccc1)C(=O)CCc1cccc2c1OCCCO2. The van der Waals surface area contributed by atoms with Gasteiger partial charge in [0.2, 0.25) is 11.8 Å². The molecular weight excluding hydrogens is 498 g/mol. The Bertz CT molecular complexity index is 1070. The molecule has 10 nitrogen and oxygen atoms in total. The fourth-order valence-electron chi connectivity index (χ4n) is 4.51. The Morgan fingerprint density at radius 2 is 1.64 bits per heavy atom. The van der Waals surface area contributed by atoms with Crippen molar-refractivity contribution in [3.05, 3.63) is 59.7 Å². The zero-order valence-electron chi connectivity index (χ0n) is 22.5. The van der Waals surface area contributed by atoms with Crippen LogP contribution in [-0.2, 0) is 27.2 Å². The summed E-state index contributed by atoms with van der Waals surface area (Å²) in [5.74, 6) is 0.402. The number of fused-ring (bicyclic) bond motifs is 1. The van der Waals surface area contributed by atoms with Gasteiger partial charge in [0.1, 0.15) is 0 Å². The van der Waals surface area contributed by atoms with E-state index in [9.17, 15) is 14.4 Å². The highest BCUT2D eigenvalue weighted by Gasteiger charge is 2.27. The number of benzene rings is 2. The van der Waals surface area contributed by atoms with E-state index >= 15 is 0 Å². The van der Waals surface area contributed by atoms with Gasteiger partial charge in [0.05, 0.1) is 31.7 Å². The number of aryl methyl sites for hydroxylation is 2. The number of ketones is 1. The largest absolute Gasteiger partial charge is 0.490 e. The molecule has 0 saturated carbocycles. The minimum Gasteiger partial charge on any atom is -0.490 e. The molecule has 7 N–H and O–H groups in total. The molecule has 2 aromatic carbocycles. The van der Waals surface area contributed by atoms with E-state index in [1.165, 1.54) is 4.90 Å². The van der Waals surface area contributed by atoms with Crippen LogP contribution in [-0.4, -0.2) is 74.0 Å². The van der Waals surface area contributed by atoms with Gasteiger partial charge in [0, 0.05) is 39.0 Å². The highest BCUT2D eigenvalue weighted by Crippen LogP contribution is 2.34. The van der Waals surface area contributed by atoms with Gasteiger partial charge in [-0.3, -0.25) is 14.4 Å². The van der Waals surface area contributed by atoms with Crippen molar-refractivity contribution in [2.75, 3.05) is 39.4 Å². The lowest BCUT2D eigenvalue weighted by Gasteiger charge is -2.24. The van der Waals surface area contributed by atoms with Crippen LogP contribution >= 0.6 is 0 Å². The molecule has 0 unspecified atom stereocenters. The Morgan fingerprint density at radius 1 is 0.923 bits per heavy atom. The standard InChI is InChI=1S/C29H41N5O5/c30-14-16-34(17-15-31)27(36)20-23(32)29(37)33-24(12-10-21-6-2-1-3-7-21)25(35)13-11-22-8-4-9-26-28(22)39-19-5-18-38-26/h1-4,6-9,23-24H,5,10-20,30-32H2,(H,33,37)/t23-,24-/m0/s1. The summed E-state index contributed by atoms with van der Waals surface area (Å²) >= 11 is 0. The molecule has 2 amide bonds. The number of nitrogens with zero attached hydrogens (tertiary/aromatic N) is 1. The lowest BCUT2D eigenvalue weighted by Crippen LogP contribution is -2.51. The smallest absolute Gasteiger partial charge is 0.238 e. The summed E-state index contributed by atoms with van der Waals surface area (Å²) in [5, 5.41) is 2.81. The number of rotatable bonds is 15. The second-order valence-corrected chi connectivity index (χ2v) is 9.62. The number of Topliss-reactive ketones (excluding diaryl/α,β-unsaturated/α-hetero) is 1. The second-order valence-electron chi connectivity index (χ2n) is 9.62. The molecule has 1 aliphatic rings. The highest BCUT2D eigenvalue weighted by molar-refractivity contribution is 5.93. The fraction of sp³-hybridized carbons (Fsp3) is 0.483. The maximum atomic E-state index is 13.4. The number of hydrogen-bond acceptors (Lipinski definition) is 8. The molecular formula is C29H41N5O5. The maximum Gasteiger partial charge on any atom is 0.238 e. The Morgan fingerprint density at radius 3 is 2.36 bits per heavy atom. The van der Waals surface area contributed by atoms with Gasteiger partial charge in [-0.25, -0.2) is 0 Å². The molecule has 10 heteroatoms. The van der Waals surface area contributed by atoms with Gasteiger partial charge in [0.25, 0.3) is 0 Å². The molecule has 0 radical (unpaired) electrons. The van der Waals surface area contributed by atoms with Crippen molar-refractivity contribution in [1.82, 2.24) is 10.2 Å². The van der Waals surface area contributed by atoms with Gasteiger partial charge in [-0.05, 0) is 36.5 Å². The molecule has 0 fully saturated rings. The van der Waals surface area contributed by atoms with Crippen LogP contribution in [0, 0.1) is 0 Å². The minimum atomic E-state index is -1.10. The zero-order valence-corrected chi connectivity index (χ0v) is 22.5. The van der Waals surface area contributed by atoms with Gasteiger partial charge in [-0.1, -0.05) is 42.5 Å². The minimum absolute atomic E-state index is 0.113. The van der Waals surface area contributed by atoms with Crippen LogP contribution in [0.15, 0.2) is 48.5 Å².